The fourth-order valence-corrected chi connectivity index (χ4v) is 7.32. The lowest BCUT2D eigenvalue weighted by Crippen LogP contribution is -2.50. The summed E-state index contributed by atoms with van der Waals surface area (Å²) in [6, 6.07) is 31.1. The van der Waals surface area contributed by atoms with Gasteiger partial charge in [0.15, 0.2) is 21.5 Å². The standard InChI is InChI=1S/C35H33BrN2O6S/c36-29-15-11-25(12-16-29)32-35(37-33(44-32)26-13-17-30(18-14-26)43-21-6-20-39)23-27-7-4-5-8-28(27)24-38(34(35)40)19-22-45(41,42)31-9-2-1-3-10-31/h1-5,7-18,32,39H,6,19-24H2/t32-,35-/m1/s1. The molecule has 0 radical (unpaired) electrons. The number of rotatable bonds is 10. The minimum Gasteiger partial charge on any atom is -0.494 e. The number of aliphatic imine (C=N–C) groups is 1. The minimum atomic E-state index is -3.64. The van der Waals surface area contributed by atoms with Crippen molar-refractivity contribution in [2.24, 2.45) is 4.99 Å². The van der Waals surface area contributed by atoms with Crippen molar-refractivity contribution in [1.82, 2.24) is 4.90 Å². The van der Waals surface area contributed by atoms with Gasteiger partial charge in [-0.1, -0.05) is 70.5 Å². The Bertz CT molecular complexity index is 1800. The second kappa shape index (κ2) is 13.2. The maximum atomic E-state index is 14.8. The van der Waals surface area contributed by atoms with Gasteiger partial charge < -0.3 is 19.5 Å². The summed E-state index contributed by atoms with van der Waals surface area (Å²) in [5.74, 6) is 0.470. The van der Waals surface area contributed by atoms with Crippen LogP contribution in [-0.4, -0.2) is 61.3 Å². The molecule has 2 aliphatic rings. The van der Waals surface area contributed by atoms with Gasteiger partial charge >= 0.3 is 0 Å². The lowest BCUT2D eigenvalue weighted by atomic mass is 9.82. The summed E-state index contributed by atoms with van der Waals surface area (Å²) in [7, 11) is -3.64. The van der Waals surface area contributed by atoms with Crippen LogP contribution >= 0.6 is 15.9 Å². The number of benzene rings is 4. The molecular weight excluding hydrogens is 656 g/mol. The third-order valence-corrected chi connectivity index (χ3v) is 10.4. The molecule has 1 amide bonds. The molecule has 0 saturated heterocycles. The van der Waals surface area contributed by atoms with Gasteiger partial charge in [0.05, 0.1) is 17.3 Å². The maximum Gasteiger partial charge on any atom is 0.255 e. The van der Waals surface area contributed by atoms with Gasteiger partial charge in [0.2, 0.25) is 5.90 Å². The smallest absolute Gasteiger partial charge is 0.255 e. The van der Waals surface area contributed by atoms with Crippen LogP contribution in [0.3, 0.4) is 0 Å². The van der Waals surface area contributed by atoms with Crippen LogP contribution in [0.4, 0.5) is 0 Å². The number of aliphatic hydroxyl groups excluding tert-OH is 1. The van der Waals surface area contributed by atoms with E-state index in [9.17, 15) is 13.2 Å². The largest absolute Gasteiger partial charge is 0.494 e. The van der Waals surface area contributed by atoms with Gasteiger partial charge in [0.1, 0.15) is 5.75 Å². The molecule has 1 spiro atoms. The third kappa shape index (κ3) is 6.54. The molecule has 4 aromatic rings. The molecule has 0 aliphatic carbocycles. The molecule has 45 heavy (non-hydrogen) atoms. The molecule has 0 saturated carbocycles. The van der Waals surface area contributed by atoms with E-state index < -0.39 is 21.5 Å². The third-order valence-electron chi connectivity index (χ3n) is 8.14. The van der Waals surface area contributed by atoms with Crippen molar-refractivity contribution >= 4 is 37.6 Å². The summed E-state index contributed by atoms with van der Waals surface area (Å²) in [4.78, 5) is 21.8. The van der Waals surface area contributed by atoms with Crippen molar-refractivity contribution in [3.05, 3.63) is 130 Å². The van der Waals surface area contributed by atoms with Crippen LogP contribution in [0, 0.1) is 0 Å². The average molecular weight is 690 g/mol. The molecule has 0 aromatic heterocycles. The Morgan fingerprint density at radius 1 is 0.933 bits per heavy atom. The van der Waals surface area contributed by atoms with Crippen molar-refractivity contribution < 1.29 is 27.8 Å². The van der Waals surface area contributed by atoms with Gasteiger partial charge in [-0.05, 0) is 65.2 Å². The SMILES string of the molecule is O=C1N(CCS(=O)(=O)c2ccccc2)Cc2ccccc2C[C@]12N=C(c1ccc(OCCCO)cc1)O[C@@H]2c1ccc(Br)cc1. The number of hydrogen-bond donors (Lipinski definition) is 1. The fourth-order valence-electron chi connectivity index (χ4n) is 5.79. The first-order valence-electron chi connectivity index (χ1n) is 14.8. The van der Waals surface area contributed by atoms with E-state index in [-0.39, 0.29) is 42.7 Å². The van der Waals surface area contributed by atoms with E-state index in [2.05, 4.69) is 15.9 Å². The molecular formula is C35H33BrN2O6S. The summed E-state index contributed by atoms with van der Waals surface area (Å²) in [5, 5.41) is 9.06. The van der Waals surface area contributed by atoms with Gasteiger partial charge in [-0.25, -0.2) is 13.4 Å². The number of sulfone groups is 1. The van der Waals surface area contributed by atoms with Crippen LogP contribution < -0.4 is 4.74 Å². The lowest BCUT2D eigenvalue weighted by molar-refractivity contribution is -0.139. The van der Waals surface area contributed by atoms with Crippen LogP contribution in [0.5, 0.6) is 5.75 Å². The molecule has 1 N–H and O–H groups in total. The molecule has 6 rings (SSSR count). The summed E-state index contributed by atoms with van der Waals surface area (Å²) >= 11 is 3.51. The number of carbonyl (C=O) groups is 1. The number of aliphatic hydroxyl groups is 1. The van der Waals surface area contributed by atoms with Crippen molar-refractivity contribution in [3.8, 4) is 5.75 Å². The topological polar surface area (TPSA) is 106 Å². The predicted molar refractivity (Wildman–Crippen MR) is 175 cm³/mol. The van der Waals surface area contributed by atoms with E-state index in [0.29, 0.717) is 30.2 Å². The van der Waals surface area contributed by atoms with Crippen LogP contribution in [0.2, 0.25) is 0 Å². The van der Waals surface area contributed by atoms with Crippen LogP contribution in [0.25, 0.3) is 0 Å². The van der Waals surface area contributed by atoms with E-state index in [1.165, 1.54) is 0 Å². The Kier molecular flexibility index (Phi) is 9.07. The highest BCUT2D eigenvalue weighted by Crippen LogP contribution is 2.45. The average Bonchev–Trinajstić information content (AvgIpc) is 3.39. The van der Waals surface area contributed by atoms with Crippen molar-refractivity contribution in [2.75, 3.05) is 25.5 Å². The number of amides is 1. The zero-order valence-corrected chi connectivity index (χ0v) is 26.9. The second-order valence-electron chi connectivity index (χ2n) is 11.1. The van der Waals surface area contributed by atoms with Gasteiger partial charge in [-0.3, -0.25) is 4.79 Å². The number of halogens is 1. The Hall–Kier alpha value is -3.99. The molecule has 232 valence electrons. The number of fused-ring (bicyclic) bond motifs is 1. The first-order chi connectivity index (χ1) is 21.8. The monoisotopic (exact) mass is 688 g/mol. The summed E-state index contributed by atoms with van der Waals surface area (Å²) in [6.45, 7) is 0.711. The van der Waals surface area contributed by atoms with Crippen LogP contribution in [0.15, 0.2) is 117 Å². The molecule has 2 atom stereocenters. The highest BCUT2D eigenvalue weighted by atomic mass is 79.9. The highest BCUT2D eigenvalue weighted by molar-refractivity contribution is 9.10. The predicted octanol–water partition coefficient (Wildman–Crippen LogP) is 5.53. The normalized spacial score (nSPS) is 19.5. The number of ether oxygens (including phenoxy) is 2. The maximum absolute atomic E-state index is 14.8. The quantitative estimate of drug-likeness (QED) is 0.220. The van der Waals surface area contributed by atoms with Gasteiger partial charge in [0, 0.05) is 42.6 Å². The Morgan fingerprint density at radius 3 is 2.33 bits per heavy atom. The van der Waals surface area contributed by atoms with E-state index in [4.69, 9.17) is 19.6 Å². The number of hydrogen-bond acceptors (Lipinski definition) is 7. The fraction of sp³-hybridized carbons (Fsp3) is 0.257. The zero-order valence-electron chi connectivity index (χ0n) is 24.5. The molecule has 4 aromatic carbocycles. The number of carbonyl (C=O) groups excluding carboxylic acids is 1. The minimum absolute atomic E-state index is 0.00390. The zero-order chi connectivity index (χ0) is 31.4. The second-order valence-corrected chi connectivity index (χ2v) is 14.2. The van der Waals surface area contributed by atoms with Gasteiger partial charge in [0.25, 0.3) is 5.91 Å². The number of nitrogens with zero attached hydrogens (tertiary/aromatic N) is 2. The Morgan fingerprint density at radius 2 is 1.62 bits per heavy atom. The summed E-state index contributed by atoms with van der Waals surface area (Å²) in [6.07, 6.45) is 0.0612. The van der Waals surface area contributed by atoms with Crippen molar-refractivity contribution in [3.63, 3.8) is 0 Å². The van der Waals surface area contributed by atoms with E-state index >= 15 is 0 Å². The summed E-state index contributed by atoms with van der Waals surface area (Å²) < 4.78 is 39.7. The first-order valence-corrected chi connectivity index (χ1v) is 17.2. The Labute approximate surface area is 271 Å². The highest BCUT2D eigenvalue weighted by Gasteiger charge is 2.56. The molecule has 0 unspecified atom stereocenters. The molecule has 2 aliphatic heterocycles. The van der Waals surface area contributed by atoms with Gasteiger partial charge in [-0.2, -0.15) is 0 Å². The Balaban J connectivity index is 1.40. The lowest BCUT2D eigenvalue weighted by Gasteiger charge is -2.33. The molecule has 10 heteroatoms. The van der Waals surface area contributed by atoms with Crippen LogP contribution in [-0.2, 0) is 32.3 Å². The van der Waals surface area contributed by atoms with Crippen LogP contribution in [0.1, 0.15) is 34.8 Å². The molecule has 0 bridgehead atoms. The van der Waals surface area contributed by atoms with E-state index in [1.54, 1.807) is 35.2 Å². The van der Waals surface area contributed by atoms with E-state index in [0.717, 1.165) is 21.2 Å². The summed E-state index contributed by atoms with van der Waals surface area (Å²) in [5.41, 5.74) is 2.00. The van der Waals surface area contributed by atoms with Crippen molar-refractivity contribution in [2.45, 2.75) is 35.9 Å². The van der Waals surface area contributed by atoms with E-state index in [1.807, 2.05) is 72.8 Å². The van der Waals surface area contributed by atoms with Crippen molar-refractivity contribution in [1.29, 1.82) is 0 Å². The molecule has 2 heterocycles. The first kappa shape index (κ1) is 31.0. The molecule has 8 nitrogen and oxygen atoms in total. The van der Waals surface area contributed by atoms with Gasteiger partial charge in [-0.15, -0.1) is 0 Å². The molecule has 0 fully saturated rings.